The summed E-state index contributed by atoms with van der Waals surface area (Å²) < 4.78 is 5.06. The fourth-order valence-electron chi connectivity index (χ4n) is 1.57. The lowest BCUT2D eigenvalue weighted by Crippen LogP contribution is -2.36. The third-order valence-corrected chi connectivity index (χ3v) is 2.63. The number of carbonyl (C=O) groups is 2. The third kappa shape index (κ3) is 5.48. The minimum atomic E-state index is -1.04. The number of aliphatic carboxylic acids is 1. The van der Waals surface area contributed by atoms with E-state index in [1.54, 1.807) is 45.0 Å². The normalized spacial score (nSPS) is 12.6. The predicted molar refractivity (Wildman–Crippen MR) is 76.1 cm³/mol. The van der Waals surface area contributed by atoms with Gasteiger partial charge in [-0.05, 0) is 38.5 Å². The van der Waals surface area contributed by atoms with Gasteiger partial charge in [-0.2, -0.15) is 0 Å². The third-order valence-electron chi connectivity index (χ3n) is 2.40. The van der Waals surface area contributed by atoms with Gasteiger partial charge in [0.1, 0.15) is 5.60 Å². The van der Waals surface area contributed by atoms with Crippen molar-refractivity contribution in [2.75, 3.05) is 6.54 Å². The molecule has 2 N–H and O–H groups in total. The molecule has 1 atom stereocenters. The van der Waals surface area contributed by atoms with Crippen molar-refractivity contribution < 1.29 is 19.4 Å². The molecule has 0 aromatic heterocycles. The van der Waals surface area contributed by atoms with Crippen LogP contribution in [0.5, 0.6) is 0 Å². The second-order valence-electron chi connectivity index (χ2n) is 5.33. The Kier molecular flexibility index (Phi) is 5.39. The van der Waals surface area contributed by atoms with Crippen LogP contribution in [0.25, 0.3) is 0 Å². The Hall–Kier alpha value is -1.75. The highest BCUT2D eigenvalue weighted by Gasteiger charge is 2.22. The molecule has 0 saturated carbocycles. The quantitative estimate of drug-likeness (QED) is 0.896. The number of carboxylic acids is 1. The first kappa shape index (κ1) is 16.3. The number of hydrogen-bond acceptors (Lipinski definition) is 3. The van der Waals surface area contributed by atoms with E-state index in [0.717, 1.165) is 0 Å². The molecule has 0 fully saturated rings. The lowest BCUT2D eigenvalue weighted by molar-refractivity contribution is -0.138. The van der Waals surface area contributed by atoms with E-state index in [0.29, 0.717) is 10.6 Å². The van der Waals surface area contributed by atoms with Gasteiger partial charge in [0.2, 0.25) is 0 Å². The molecule has 0 aliphatic carbocycles. The van der Waals surface area contributed by atoms with Gasteiger partial charge in [0.15, 0.2) is 0 Å². The fourth-order valence-corrected chi connectivity index (χ4v) is 1.77. The molecule has 0 aliphatic heterocycles. The number of benzene rings is 1. The molecule has 0 aliphatic rings. The van der Waals surface area contributed by atoms with Gasteiger partial charge < -0.3 is 15.2 Å². The highest BCUT2D eigenvalue weighted by molar-refractivity contribution is 6.30. The molecule has 0 spiro atoms. The summed E-state index contributed by atoms with van der Waals surface area (Å²) in [6.45, 7) is 5.14. The van der Waals surface area contributed by atoms with Crippen LogP contribution in [-0.4, -0.2) is 29.3 Å². The smallest absolute Gasteiger partial charge is 0.407 e. The molecule has 5 nitrogen and oxygen atoms in total. The van der Waals surface area contributed by atoms with E-state index in [-0.39, 0.29) is 6.54 Å². The Morgan fingerprint density at radius 3 is 2.55 bits per heavy atom. The van der Waals surface area contributed by atoms with Gasteiger partial charge in [-0.25, -0.2) is 4.79 Å². The summed E-state index contributed by atoms with van der Waals surface area (Å²) in [5.74, 6) is -1.91. The van der Waals surface area contributed by atoms with E-state index in [1.165, 1.54) is 0 Å². The van der Waals surface area contributed by atoms with Crippen molar-refractivity contribution in [3.8, 4) is 0 Å². The molecule has 6 heteroatoms. The Balaban J connectivity index is 2.70. The van der Waals surface area contributed by atoms with Crippen LogP contribution < -0.4 is 5.32 Å². The van der Waals surface area contributed by atoms with Crippen molar-refractivity contribution in [3.63, 3.8) is 0 Å². The molecule has 0 radical (unpaired) electrons. The van der Waals surface area contributed by atoms with E-state index in [1.807, 2.05) is 0 Å². The van der Waals surface area contributed by atoms with Gasteiger partial charge in [-0.3, -0.25) is 4.79 Å². The number of carbonyl (C=O) groups excluding carboxylic acids is 1. The summed E-state index contributed by atoms with van der Waals surface area (Å²) in [4.78, 5) is 22.8. The number of carboxylic acid groups (broad SMARTS) is 1. The van der Waals surface area contributed by atoms with Crippen LogP contribution in [0, 0.1) is 0 Å². The largest absolute Gasteiger partial charge is 0.481 e. The van der Waals surface area contributed by atoms with Crippen molar-refractivity contribution in [2.24, 2.45) is 0 Å². The lowest BCUT2D eigenvalue weighted by Gasteiger charge is -2.21. The summed E-state index contributed by atoms with van der Waals surface area (Å²) in [6, 6.07) is 6.55. The average molecular weight is 300 g/mol. The van der Waals surface area contributed by atoms with Crippen molar-refractivity contribution >= 4 is 23.7 Å². The first-order valence-electron chi connectivity index (χ1n) is 6.14. The van der Waals surface area contributed by atoms with E-state index < -0.39 is 23.6 Å². The molecule has 1 rings (SSSR count). The molecule has 1 aromatic rings. The van der Waals surface area contributed by atoms with Crippen LogP contribution in [0.4, 0.5) is 4.79 Å². The van der Waals surface area contributed by atoms with Gasteiger partial charge in [0.05, 0.1) is 5.92 Å². The first-order valence-corrected chi connectivity index (χ1v) is 6.52. The molecular formula is C14H18ClNO4. The average Bonchev–Trinajstić information content (AvgIpc) is 2.26. The SMILES string of the molecule is CC(C)(C)OC(=O)NCC(C(=O)O)c1cccc(Cl)c1. The molecule has 20 heavy (non-hydrogen) atoms. The number of nitrogens with one attached hydrogen (secondary N) is 1. The Bertz CT molecular complexity index is 496. The summed E-state index contributed by atoms with van der Waals surface area (Å²) in [5, 5.41) is 12.1. The molecule has 1 amide bonds. The molecule has 110 valence electrons. The van der Waals surface area contributed by atoms with Crippen LogP contribution in [0.15, 0.2) is 24.3 Å². The van der Waals surface area contributed by atoms with Gasteiger partial charge in [-0.15, -0.1) is 0 Å². The van der Waals surface area contributed by atoms with E-state index in [9.17, 15) is 14.7 Å². The maximum atomic E-state index is 11.5. The molecule has 0 bridgehead atoms. The highest BCUT2D eigenvalue weighted by atomic mass is 35.5. The maximum Gasteiger partial charge on any atom is 0.407 e. The van der Waals surface area contributed by atoms with Crippen LogP contribution in [0.3, 0.4) is 0 Å². The van der Waals surface area contributed by atoms with Crippen LogP contribution >= 0.6 is 11.6 Å². The summed E-state index contributed by atoms with van der Waals surface area (Å²) in [6.07, 6.45) is -0.647. The minimum absolute atomic E-state index is 0.0649. The number of rotatable bonds is 4. The molecule has 1 unspecified atom stereocenters. The van der Waals surface area contributed by atoms with Gasteiger partial charge in [0, 0.05) is 11.6 Å². The first-order chi connectivity index (χ1) is 9.19. The van der Waals surface area contributed by atoms with Gasteiger partial charge in [-0.1, -0.05) is 23.7 Å². The highest BCUT2D eigenvalue weighted by Crippen LogP contribution is 2.19. The van der Waals surface area contributed by atoms with E-state index >= 15 is 0 Å². The number of ether oxygens (including phenoxy) is 1. The zero-order chi connectivity index (χ0) is 15.3. The van der Waals surface area contributed by atoms with Crippen molar-refractivity contribution in [3.05, 3.63) is 34.9 Å². The number of halogens is 1. The zero-order valence-electron chi connectivity index (χ0n) is 11.6. The lowest BCUT2D eigenvalue weighted by atomic mass is 9.99. The Morgan fingerprint density at radius 2 is 2.05 bits per heavy atom. The van der Waals surface area contributed by atoms with E-state index in [2.05, 4.69) is 5.32 Å². The number of amides is 1. The zero-order valence-corrected chi connectivity index (χ0v) is 12.4. The molecule has 0 heterocycles. The van der Waals surface area contributed by atoms with Crippen LogP contribution in [0.1, 0.15) is 32.3 Å². The second kappa shape index (κ2) is 6.61. The molecule has 1 aromatic carbocycles. The van der Waals surface area contributed by atoms with Gasteiger partial charge in [0.25, 0.3) is 0 Å². The number of hydrogen-bond donors (Lipinski definition) is 2. The van der Waals surface area contributed by atoms with Gasteiger partial charge >= 0.3 is 12.1 Å². The standard InChI is InChI=1S/C14H18ClNO4/c1-14(2,3)20-13(19)16-8-11(12(17)18)9-5-4-6-10(15)7-9/h4-7,11H,8H2,1-3H3,(H,16,19)(H,17,18). The fraction of sp³-hybridized carbons (Fsp3) is 0.429. The van der Waals surface area contributed by atoms with Crippen molar-refractivity contribution in [1.82, 2.24) is 5.32 Å². The Labute approximate surface area is 122 Å². The molecular weight excluding hydrogens is 282 g/mol. The predicted octanol–water partition coefficient (Wildman–Crippen LogP) is 3.03. The van der Waals surface area contributed by atoms with E-state index in [4.69, 9.17) is 16.3 Å². The summed E-state index contributed by atoms with van der Waals surface area (Å²) in [5.41, 5.74) is -0.0974. The van der Waals surface area contributed by atoms with Crippen LogP contribution in [-0.2, 0) is 9.53 Å². The second-order valence-corrected chi connectivity index (χ2v) is 5.77. The minimum Gasteiger partial charge on any atom is -0.481 e. The Morgan fingerprint density at radius 1 is 1.40 bits per heavy atom. The topological polar surface area (TPSA) is 75.6 Å². The van der Waals surface area contributed by atoms with Crippen molar-refractivity contribution in [2.45, 2.75) is 32.3 Å². The summed E-state index contributed by atoms with van der Waals surface area (Å²) in [7, 11) is 0. The maximum absolute atomic E-state index is 11.5. The van der Waals surface area contributed by atoms with Crippen LogP contribution in [0.2, 0.25) is 5.02 Å². The summed E-state index contributed by atoms with van der Waals surface area (Å²) >= 11 is 5.84. The number of alkyl carbamates (subject to hydrolysis) is 1. The monoisotopic (exact) mass is 299 g/mol. The van der Waals surface area contributed by atoms with Crippen molar-refractivity contribution in [1.29, 1.82) is 0 Å². The molecule has 0 saturated heterocycles.